The Morgan fingerprint density at radius 1 is 1.37 bits per heavy atom. The molecule has 3 aliphatic heterocycles. The number of hydrogen-bond donors (Lipinski definition) is 0. The van der Waals surface area contributed by atoms with Crippen LogP contribution in [0.4, 0.5) is 29.3 Å². The third-order valence-corrected chi connectivity index (χ3v) is 5.28. The number of carbonyl (C=O) groups is 2. The van der Waals surface area contributed by atoms with E-state index in [-0.39, 0.29) is 24.2 Å². The van der Waals surface area contributed by atoms with Gasteiger partial charge in [-0.2, -0.15) is 8.78 Å². The Hall–Kier alpha value is -3.11. The van der Waals surface area contributed by atoms with Crippen LogP contribution in [-0.2, 0) is 28.4 Å². The van der Waals surface area contributed by atoms with Crippen LogP contribution < -0.4 is 9.80 Å². The second-order valence-electron chi connectivity index (χ2n) is 6.71. The fraction of sp³-hybridized carbons (Fsp3) is 0.375. The van der Waals surface area contributed by atoms with Crippen molar-refractivity contribution in [2.75, 3.05) is 16.8 Å². The first-order chi connectivity index (χ1) is 12.8. The predicted octanol–water partition coefficient (Wildman–Crippen LogP) is 1.44. The molecule has 8 nitrogen and oxygen atoms in total. The molecule has 1 unspecified atom stereocenters. The van der Waals surface area contributed by atoms with Crippen molar-refractivity contribution in [2.45, 2.75) is 31.0 Å². The van der Waals surface area contributed by atoms with Crippen LogP contribution in [-0.4, -0.2) is 46.2 Å². The van der Waals surface area contributed by atoms with Gasteiger partial charge in [0.25, 0.3) is 0 Å². The van der Waals surface area contributed by atoms with Crippen LogP contribution in [0.15, 0.2) is 18.5 Å². The van der Waals surface area contributed by atoms with E-state index in [2.05, 4.69) is 10.3 Å². The largest absolute Gasteiger partial charge is 0.442 e. The SMILES string of the molecule is CN1C(=O)C(F)(F)c2c3c(cc(F)c21)N1C(=O)OC(Cn2ccnn2)[C@@H]1C3. The summed E-state index contributed by atoms with van der Waals surface area (Å²) in [5.41, 5.74) is -0.984. The molecule has 1 aromatic carbocycles. The highest BCUT2D eigenvalue weighted by molar-refractivity contribution is 6.08. The first-order valence-corrected chi connectivity index (χ1v) is 8.16. The van der Waals surface area contributed by atoms with Crippen LogP contribution in [0.3, 0.4) is 0 Å². The summed E-state index contributed by atoms with van der Waals surface area (Å²) in [6.45, 7) is 0.181. The molecule has 2 atom stereocenters. The second kappa shape index (κ2) is 4.99. The molecule has 1 aromatic heterocycles. The summed E-state index contributed by atoms with van der Waals surface area (Å²) in [7, 11) is 1.11. The molecule has 4 heterocycles. The summed E-state index contributed by atoms with van der Waals surface area (Å²) in [5.74, 6) is -6.31. The Balaban J connectivity index is 1.61. The molecule has 2 amide bonds. The normalized spacial score (nSPS) is 24.9. The van der Waals surface area contributed by atoms with E-state index in [4.69, 9.17) is 4.74 Å². The van der Waals surface area contributed by atoms with E-state index in [0.29, 0.717) is 4.90 Å². The second-order valence-corrected chi connectivity index (χ2v) is 6.71. The van der Waals surface area contributed by atoms with Gasteiger partial charge in [0, 0.05) is 19.3 Å². The number of rotatable bonds is 2. The highest BCUT2D eigenvalue weighted by atomic mass is 19.3. The number of anilines is 2. The first-order valence-electron chi connectivity index (χ1n) is 8.16. The number of alkyl halides is 2. The molecule has 3 aliphatic rings. The molecule has 0 bridgehead atoms. The minimum Gasteiger partial charge on any atom is -0.442 e. The zero-order valence-corrected chi connectivity index (χ0v) is 13.9. The van der Waals surface area contributed by atoms with E-state index in [0.717, 1.165) is 13.1 Å². The van der Waals surface area contributed by atoms with E-state index in [1.54, 1.807) is 6.20 Å². The van der Waals surface area contributed by atoms with Crippen LogP contribution in [0, 0.1) is 5.82 Å². The van der Waals surface area contributed by atoms with Gasteiger partial charge in [0.1, 0.15) is 11.9 Å². The third kappa shape index (κ3) is 1.93. The summed E-state index contributed by atoms with van der Waals surface area (Å²) < 4.78 is 50.5. The fourth-order valence-corrected chi connectivity index (χ4v) is 4.12. The van der Waals surface area contributed by atoms with E-state index >= 15 is 0 Å². The van der Waals surface area contributed by atoms with Gasteiger partial charge in [-0.05, 0) is 12.0 Å². The molecule has 0 spiro atoms. The minimum absolute atomic E-state index is 0.0186. The van der Waals surface area contributed by atoms with E-state index in [1.165, 1.54) is 15.8 Å². The van der Waals surface area contributed by atoms with Gasteiger partial charge >= 0.3 is 17.9 Å². The molecule has 0 N–H and O–H groups in total. The van der Waals surface area contributed by atoms with E-state index in [9.17, 15) is 22.8 Å². The lowest BCUT2D eigenvalue weighted by molar-refractivity contribution is -0.141. The maximum absolute atomic E-state index is 14.6. The van der Waals surface area contributed by atoms with Crippen molar-refractivity contribution < 1.29 is 27.5 Å². The number of ether oxygens (including phenoxy) is 1. The van der Waals surface area contributed by atoms with Gasteiger partial charge in [0.15, 0.2) is 0 Å². The van der Waals surface area contributed by atoms with Crippen molar-refractivity contribution in [3.63, 3.8) is 0 Å². The van der Waals surface area contributed by atoms with Crippen molar-refractivity contribution in [3.05, 3.63) is 35.4 Å². The van der Waals surface area contributed by atoms with Crippen molar-refractivity contribution in [3.8, 4) is 0 Å². The zero-order valence-electron chi connectivity index (χ0n) is 13.9. The number of benzene rings is 1. The van der Waals surface area contributed by atoms with Gasteiger partial charge in [0.05, 0.1) is 35.7 Å². The number of likely N-dealkylation sites (N-methyl/N-ethyl adjacent to an activating group) is 1. The number of aromatic nitrogens is 3. The summed E-state index contributed by atoms with van der Waals surface area (Å²) in [6, 6.07) is 0.415. The number of amides is 2. The highest BCUT2D eigenvalue weighted by Gasteiger charge is 2.58. The van der Waals surface area contributed by atoms with Gasteiger partial charge in [-0.3, -0.25) is 9.69 Å². The molecule has 140 valence electrons. The van der Waals surface area contributed by atoms with Gasteiger partial charge in [-0.1, -0.05) is 5.21 Å². The van der Waals surface area contributed by atoms with Crippen LogP contribution in [0.1, 0.15) is 11.1 Å². The van der Waals surface area contributed by atoms with Gasteiger partial charge < -0.3 is 9.64 Å². The lowest BCUT2D eigenvalue weighted by Crippen LogP contribution is -2.35. The molecular weight excluding hydrogens is 367 g/mol. The van der Waals surface area contributed by atoms with Gasteiger partial charge in [-0.15, -0.1) is 5.10 Å². The summed E-state index contributed by atoms with van der Waals surface area (Å²) in [5, 5.41) is 7.48. The molecule has 1 saturated heterocycles. The number of carbonyl (C=O) groups excluding carboxylic acids is 2. The molecule has 1 fully saturated rings. The zero-order chi connectivity index (χ0) is 19.1. The van der Waals surface area contributed by atoms with Gasteiger partial charge in [-0.25, -0.2) is 13.9 Å². The van der Waals surface area contributed by atoms with Crippen molar-refractivity contribution in [2.24, 2.45) is 0 Å². The molecular formula is C16H12F3N5O3. The Kier molecular flexibility index (Phi) is 2.97. The van der Waals surface area contributed by atoms with Crippen molar-refractivity contribution >= 4 is 23.4 Å². The molecule has 5 rings (SSSR count). The average molecular weight is 379 g/mol. The van der Waals surface area contributed by atoms with E-state index < -0.39 is 47.1 Å². The Bertz CT molecular complexity index is 994. The van der Waals surface area contributed by atoms with Crippen molar-refractivity contribution in [1.82, 2.24) is 15.0 Å². The van der Waals surface area contributed by atoms with Crippen LogP contribution >= 0.6 is 0 Å². The lowest BCUT2D eigenvalue weighted by Gasteiger charge is -2.16. The number of cyclic esters (lactones) is 1. The maximum atomic E-state index is 14.6. The number of halogens is 3. The number of nitrogens with zero attached hydrogens (tertiary/aromatic N) is 5. The fourth-order valence-electron chi connectivity index (χ4n) is 4.12. The number of hydrogen-bond acceptors (Lipinski definition) is 5. The molecule has 2 aromatic rings. The topological polar surface area (TPSA) is 80.6 Å². The van der Waals surface area contributed by atoms with Crippen LogP contribution in [0.25, 0.3) is 0 Å². The predicted molar refractivity (Wildman–Crippen MR) is 84.0 cm³/mol. The summed E-state index contributed by atoms with van der Waals surface area (Å²) in [4.78, 5) is 26.0. The smallest absolute Gasteiger partial charge is 0.415 e. The molecule has 27 heavy (non-hydrogen) atoms. The van der Waals surface area contributed by atoms with E-state index in [1.807, 2.05) is 0 Å². The number of fused-ring (bicyclic) bond motifs is 5. The molecule has 0 saturated carbocycles. The summed E-state index contributed by atoms with van der Waals surface area (Å²) in [6.07, 6.45) is 1.65. The molecule has 11 heteroatoms. The Labute approximate surface area is 150 Å². The molecule has 0 aliphatic carbocycles. The van der Waals surface area contributed by atoms with Crippen LogP contribution in [0.2, 0.25) is 0 Å². The maximum Gasteiger partial charge on any atom is 0.415 e. The third-order valence-electron chi connectivity index (χ3n) is 5.28. The Morgan fingerprint density at radius 2 is 2.15 bits per heavy atom. The molecule has 0 radical (unpaired) electrons. The van der Waals surface area contributed by atoms with Crippen molar-refractivity contribution in [1.29, 1.82) is 0 Å². The van der Waals surface area contributed by atoms with Gasteiger partial charge in [0.2, 0.25) is 0 Å². The average Bonchev–Trinajstić information content (AvgIpc) is 3.33. The monoisotopic (exact) mass is 379 g/mol. The minimum atomic E-state index is -3.85. The van der Waals surface area contributed by atoms with Crippen LogP contribution in [0.5, 0.6) is 0 Å². The Morgan fingerprint density at radius 3 is 2.85 bits per heavy atom. The standard InChI is InChI=1S/C16H12F3N5O3/c1-22-13-8(17)5-9-7(12(13)16(18,19)14(22)25)4-10-11(27-15(26)24(9)10)6-23-3-2-20-21-23/h2-3,5,10-11H,4,6H2,1H3/t10-,11?/m0/s1. The quantitative estimate of drug-likeness (QED) is 0.789. The highest BCUT2D eigenvalue weighted by Crippen LogP contribution is 2.53. The first kappa shape index (κ1) is 16.1. The lowest BCUT2D eigenvalue weighted by atomic mass is 9.96. The summed E-state index contributed by atoms with van der Waals surface area (Å²) >= 11 is 0.